The van der Waals surface area contributed by atoms with E-state index >= 15 is 0 Å². The average molecular weight is 222 g/mol. The number of anilines is 1. The van der Waals surface area contributed by atoms with Crippen molar-refractivity contribution in [1.29, 1.82) is 0 Å². The second-order valence-electron chi connectivity index (χ2n) is 3.70. The molecule has 88 valence electrons. The lowest BCUT2D eigenvalue weighted by atomic mass is 10.2. The van der Waals surface area contributed by atoms with Gasteiger partial charge in [-0.3, -0.25) is 4.79 Å². The van der Waals surface area contributed by atoms with Crippen LogP contribution in [0.3, 0.4) is 0 Å². The summed E-state index contributed by atoms with van der Waals surface area (Å²) < 4.78 is 0. The van der Waals surface area contributed by atoms with Gasteiger partial charge in [0.15, 0.2) is 0 Å². The number of nitrogens with two attached hydrogens (primary N) is 1. The standard InChI is InChI=1S/C11H18N4O/c1-15(2)11-9(4-3-7-13-11)8-14-10(16)5-6-12/h3-4,7H,5-6,8,12H2,1-2H3,(H,14,16). The molecule has 1 aromatic heterocycles. The predicted octanol–water partition coefficient (Wildman–Crippen LogP) is 0.113. The summed E-state index contributed by atoms with van der Waals surface area (Å²) in [7, 11) is 3.85. The summed E-state index contributed by atoms with van der Waals surface area (Å²) in [6, 6.07) is 3.81. The monoisotopic (exact) mass is 222 g/mol. The molecule has 0 saturated heterocycles. The van der Waals surface area contributed by atoms with Gasteiger partial charge in [0.1, 0.15) is 5.82 Å². The number of carbonyl (C=O) groups is 1. The maximum Gasteiger partial charge on any atom is 0.221 e. The van der Waals surface area contributed by atoms with Crippen LogP contribution in [0.4, 0.5) is 5.82 Å². The lowest BCUT2D eigenvalue weighted by Crippen LogP contribution is -2.26. The van der Waals surface area contributed by atoms with Crippen molar-refractivity contribution >= 4 is 11.7 Å². The molecule has 16 heavy (non-hydrogen) atoms. The van der Waals surface area contributed by atoms with Gasteiger partial charge in [-0.15, -0.1) is 0 Å². The van der Waals surface area contributed by atoms with Crippen molar-refractivity contribution in [2.24, 2.45) is 5.73 Å². The van der Waals surface area contributed by atoms with Gasteiger partial charge < -0.3 is 16.0 Å². The van der Waals surface area contributed by atoms with Crippen LogP contribution in [-0.4, -0.2) is 31.5 Å². The fraction of sp³-hybridized carbons (Fsp3) is 0.455. The Morgan fingerprint density at radius 2 is 2.31 bits per heavy atom. The minimum Gasteiger partial charge on any atom is -0.362 e. The number of carbonyl (C=O) groups excluding carboxylic acids is 1. The summed E-state index contributed by atoms with van der Waals surface area (Å²) in [5.41, 5.74) is 6.29. The van der Waals surface area contributed by atoms with Crippen molar-refractivity contribution in [3.63, 3.8) is 0 Å². The third-order valence-corrected chi connectivity index (χ3v) is 2.14. The van der Waals surface area contributed by atoms with Crippen molar-refractivity contribution in [3.05, 3.63) is 23.9 Å². The zero-order valence-electron chi connectivity index (χ0n) is 9.73. The first-order valence-electron chi connectivity index (χ1n) is 5.23. The lowest BCUT2D eigenvalue weighted by Gasteiger charge is -2.15. The number of amides is 1. The van der Waals surface area contributed by atoms with Gasteiger partial charge in [-0.25, -0.2) is 4.98 Å². The Morgan fingerprint density at radius 3 is 2.94 bits per heavy atom. The molecule has 0 unspecified atom stereocenters. The van der Waals surface area contributed by atoms with Crippen LogP contribution in [0.1, 0.15) is 12.0 Å². The number of hydrogen-bond donors (Lipinski definition) is 2. The SMILES string of the molecule is CN(C)c1ncccc1CNC(=O)CCN. The Hall–Kier alpha value is -1.62. The van der Waals surface area contributed by atoms with Gasteiger partial charge in [0.05, 0.1) is 0 Å². The number of rotatable bonds is 5. The molecule has 0 saturated carbocycles. The van der Waals surface area contributed by atoms with E-state index in [-0.39, 0.29) is 5.91 Å². The number of nitrogens with one attached hydrogen (secondary N) is 1. The largest absolute Gasteiger partial charge is 0.362 e. The molecule has 0 aliphatic carbocycles. The Balaban J connectivity index is 2.63. The predicted molar refractivity (Wildman–Crippen MR) is 64.1 cm³/mol. The number of aromatic nitrogens is 1. The highest BCUT2D eigenvalue weighted by Crippen LogP contribution is 2.13. The maximum absolute atomic E-state index is 11.3. The van der Waals surface area contributed by atoms with Crippen LogP contribution in [0.25, 0.3) is 0 Å². The molecule has 1 rings (SSSR count). The van der Waals surface area contributed by atoms with E-state index in [2.05, 4.69) is 10.3 Å². The summed E-state index contributed by atoms with van der Waals surface area (Å²) in [6.45, 7) is 0.861. The van der Waals surface area contributed by atoms with Gasteiger partial charge in [0.2, 0.25) is 5.91 Å². The van der Waals surface area contributed by atoms with Crippen molar-refractivity contribution < 1.29 is 4.79 Å². The molecule has 1 aromatic rings. The van der Waals surface area contributed by atoms with E-state index in [0.717, 1.165) is 11.4 Å². The third-order valence-electron chi connectivity index (χ3n) is 2.14. The van der Waals surface area contributed by atoms with Crippen molar-refractivity contribution in [3.8, 4) is 0 Å². The minimum absolute atomic E-state index is 0.0314. The molecule has 5 nitrogen and oxygen atoms in total. The van der Waals surface area contributed by atoms with Gasteiger partial charge >= 0.3 is 0 Å². The van der Waals surface area contributed by atoms with Crippen LogP contribution in [0.15, 0.2) is 18.3 Å². The molecule has 0 fully saturated rings. The van der Waals surface area contributed by atoms with Crippen LogP contribution >= 0.6 is 0 Å². The highest BCUT2D eigenvalue weighted by Gasteiger charge is 2.06. The molecule has 1 amide bonds. The molecule has 0 bridgehead atoms. The van der Waals surface area contributed by atoms with E-state index < -0.39 is 0 Å². The fourth-order valence-electron chi connectivity index (χ4n) is 1.38. The van der Waals surface area contributed by atoms with E-state index in [0.29, 0.717) is 19.5 Å². The molecule has 0 aromatic carbocycles. The molecule has 0 radical (unpaired) electrons. The molecule has 0 aliphatic heterocycles. The van der Waals surface area contributed by atoms with Crippen molar-refractivity contribution in [2.45, 2.75) is 13.0 Å². The highest BCUT2D eigenvalue weighted by atomic mass is 16.1. The summed E-state index contributed by atoms with van der Waals surface area (Å²) >= 11 is 0. The average Bonchev–Trinajstić information content (AvgIpc) is 2.27. The van der Waals surface area contributed by atoms with Crippen molar-refractivity contribution in [2.75, 3.05) is 25.5 Å². The molecular formula is C11H18N4O. The zero-order valence-corrected chi connectivity index (χ0v) is 9.73. The second kappa shape index (κ2) is 6.07. The van der Waals surface area contributed by atoms with Crippen molar-refractivity contribution in [1.82, 2.24) is 10.3 Å². The second-order valence-corrected chi connectivity index (χ2v) is 3.70. The Kier molecular flexibility index (Phi) is 4.72. The quantitative estimate of drug-likeness (QED) is 0.742. The summed E-state index contributed by atoms with van der Waals surface area (Å²) in [4.78, 5) is 17.4. The van der Waals surface area contributed by atoms with E-state index in [1.54, 1.807) is 6.20 Å². The molecule has 0 spiro atoms. The van der Waals surface area contributed by atoms with E-state index in [1.807, 2.05) is 31.1 Å². The van der Waals surface area contributed by atoms with E-state index in [4.69, 9.17) is 5.73 Å². The normalized spacial score (nSPS) is 9.94. The van der Waals surface area contributed by atoms with E-state index in [1.165, 1.54) is 0 Å². The van der Waals surface area contributed by atoms with Crippen LogP contribution in [0.5, 0.6) is 0 Å². The highest BCUT2D eigenvalue weighted by molar-refractivity contribution is 5.76. The summed E-state index contributed by atoms with van der Waals surface area (Å²) in [5, 5.41) is 2.81. The lowest BCUT2D eigenvalue weighted by molar-refractivity contribution is -0.121. The number of nitrogens with zero attached hydrogens (tertiary/aromatic N) is 2. The molecule has 0 aliphatic rings. The number of pyridine rings is 1. The fourth-order valence-corrected chi connectivity index (χ4v) is 1.38. The summed E-state index contributed by atoms with van der Waals surface area (Å²) in [6.07, 6.45) is 2.10. The van der Waals surface area contributed by atoms with Gasteiger partial charge in [-0.2, -0.15) is 0 Å². The first-order valence-corrected chi connectivity index (χ1v) is 5.23. The molecular weight excluding hydrogens is 204 g/mol. The zero-order chi connectivity index (χ0) is 12.0. The third kappa shape index (κ3) is 3.51. The Labute approximate surface area is 95.7 Å². The van der Waals surface area contributed by atoms with Gasteiger partial charge in [-0.1, -0.05) is 6.07 Å². The van der Waals surface area contributed by atoms with Gasteiger partial charge in [0.25, 0.3) is 0 Å². The van der Waals surface area contributed by atoms with Crippen LogP contribution in [0.2, 0.25) is 0 Å². The molecule has 1 heterocycles. The smallest absolute Gasteiger partial charge is 0.221 e. The number of hydrogen-bond acceptors (Lipinski definition) is 4. The van der Waals surface area contributed by atoms with Crippen LogP contribution in [0, 0.1) is 0 Å². The summed E-state index contributed by atoms with van der Waals surface area (Å²) in [5.74, 6) is 0.839. The molecule has 3 N–H and O–H groups in total. The first-order chi connectivity index (χ1) is 7.65. The van der Waals surface area contributed by atoms with Crippen LogP contribution in [-0.2, 0) is 11.3 Å². The van der Waals surface area contributed by atoms with Gasteiger partial charge in [-0.05, 0) is 6.07 Å². The van der Waals surface area contributed by atoms with Gasteiger partial charge in [0, 0.05) is 45.4 Å². The Bertz CT molecular complexity index is 352. The van der Waals surface area contributed by atoms with E-state index in [9.17, 15) is 4.79 Å². The maximum atomic E-state index is 11.3. The first kappa shape index (κ1) is 12.4. The molecule has 5 heteroatoms. The minimum atomic E-state index is -0.0314. The topological polar surface area (TPSA) is 71.2 Å². The molecule has 0 atom stereocenters. The van der Waals surface area contributed by atoms with Crippen LogP contribution < -0.4 is 16.0 Å². The Morgan fingerprint density at radius 1 is 1.56 bits per heavy atom.